The third-order valence-corrected chi connectivity index (χ3v) is 2.07. The largest absolute Gasteiger partial charge is 0.453 e. The number of halogens is 1. The highest BCUT2D eigenvalue weighted by molar-refractivity contribution is 6.64. The summed E-state index contributed by atoms with van der Waals surface area (Å²) in [6.45, 7) is 1.25. The second-order valence-corrected chi connectivity index (χ2v) is 3.46. The van der Waals surface area contributed by atoms with Crippen molar-refractivity contribution in [1.82, 2.24) is 0 Å². The van der Waals surface area contributed by atoms with Gasteiger partial charge in [0.15, 0.2) is 6.10 Å². The quantitative estimate of drug-likeness (QED) is 0.582. The lowest BCUT2D eigenvalue weighted by Gasteiger charge is -2.12. The first kappa shape index (κ1) is 11.7. The molecule has 0 bridgehead atoms. The average Bonchev–Trinajstić information content (AvgIpc) is 2.17. The molecule has 0 aliphatic heterocycles. The number of hydrogen-bond acceptors (Lipinski definition) is 3. The van der Waals surface area contributed by atoms with Gasteiger partial charge in [-0.1, -0.05) is 30.3 Å². The first-order valence-corrected chi connectivity index (χ1v) is 4.88. The number of carbonyl (C=O) groups is 2. The van der Waals surface area contributed by atoms with E-state index in [9.17, 15) is 9.59 Å². The van der Waals surface area contributed by atoms with Crippen LogP contribution >= 0.6 is 11.6 Å². The van der Waals surface area contributed by atoms with Gasteiger partial charge in [-0.2, -0.15) is 0 Å². The molecule has 0 aliphatic carbocycles. The predicted octanol–water partition coefficient (Wildman–Crippen LogP) is 1.93. The van der Waals surface area contributed by atoms with Gasteiger partial charge in [0, 0.05) is 13.3 Å². The maximum Gasteiger partial charge on any atom is 0.303 e. The number of benzene rings is 1. The van der Waals surface area contributed by atoms with Crippen molar-refractivity contribution in [3.63, 3.8) is 0 Å². The van der Waals surface area contributed by atoms with Gasteiger partial charge in [0.25, 0.3) is 5.24 Å². The summed E-state index contributed by atoms with van der Waals surface area (Å²) in [7, 11) is 0. The van der Waals surface area contributed by atoms with E-state index in [1.54, 1.807) is 0 Å². The fraction of sp³-hybridized carbons (Fsp3) is 0.273. The first-order chi connectivity index (χ1) is 7.09. The molecule has 0 amide bonds. The Balaban J connectivity index is 2.67. The number of ether oxygens (including phenoxy) is 1. The summed E-state index contributed by atoms with van der Waals surface area (Å²) in [6, 6.07) is 9.25. The molecule has 0 N–H and O–H groups in total. The first-order valence-electron chi connectivity index (χ1n) is 4.50. The van der Waals surface area contributed by atoms with Crippen LogP contribution in [0.2, 0.25) is 0 Å². The molecule has 1 aromatic carbocycles. The van der Waals surface area contributed by atoms with Crippen molar-refractivity contribution in [2.45, 2.75) is 19.4 Å². The molecule has 0 heterocycles. The molecule has 1 rings (SSSR count). The van der Waals surface area contributed by atoms with Gasteiger partial charge in [0.2, 0.25) is 0 Å². The Bertz CT molecular complexity index is 348. The third kappa shape index (κ3) is 4.13. The van der Waals surface area contributed by atoms with Crippen molar-refractivity contribution < 1.29 is 14.3 Å². The van der Waals surface area contributed by atoms with E-state index in [2.05, 4.69) is 0 Å². The zero-order valence-electron chi connectivity index (χ0n) is 8.27. The zero-order valence-corrected chi connectivity index (χ0v) is 9.03. The van der Waals surface area contributed by atoms with Crippen LogP contribution in [0.1, 0.15) is 12.5 Å². The second kappa shape index (κ2) is 5.51. The Morgan fingerprint density at radius 3 is 2.40 bits per heavy atom. The second-order valence-electron chi connectivity index (χ2n) is 3.09. The third-order valence-electron chi connectivity index (χ3n) is 1.83. The van der Waals surface area contributed by atoms with Crippen molar-refractivity contribution in [3.8, 4) is 0 Å². The van der Waals surface area contributed by atoms with Gasteiger partial charge in [-0.3, -0.25) is 9.59 Å². The van der Waals surface area contributed by atoms with Crippen molar-refractivity contribution in [2.24, 2.45) is 0 Å². The van der Waals surface area contributed by atoms with Crippen LogP contribution in [0, 0.1) is 0 Å². The molecule has 0 unspecified atom stereocenters. The van der Waals surface area contributed by atoms with Gasteiger partial charge in [-0.05, 0) is 17.2 Å². The molecular weight excluding hydrogens is 216 g/mol. The highest BCUT2D eigenvalue weighted by Gasteiger charge is 2.19. The van der Waals surface area contributed by atoms with Crippen LogP contribution in [-0.4, -0.2) is 17.3 Å². The monoisotopic (exact) mass is 226 g/mol. The van der Waals surface area contributed by atoms with Crippen LogP contribution < -0.4 is 0 Å². The number of rotatable bonds is 4. The van der Waals surface area contributed by atoms with Gasteiger partial charge in [0.05, 0.1) is 0 Å². The Labute approximate surface area is 93.0 Å². The van der Waals surface area contributed by atoms with Crippen LogP contribution in [0.3, 0.4) is 0 Å². The van der Waals surface area contributed by atoms with E-state index < -0.39 is 17.3 Å². The molecule has 0 saturated carbocycles. The maximum absolute atomic E-state index is 11.0. The lowest BCUT2D eigenvalue weighted by atomic mass is 10.1. The molecule has 0 radical (unpaired) electrons. The van der Waals surface area contributed by atoms with E-state index >= 15 is 0 Å². The van der Waals surface area contributed by atoms with Crippen molar-refractivity contribution >= 4 is 22.8 Å². The minimum absolute atomic E-state index is 0.308. The normalized spacial score (nSPS) is 11.9. The van der Waals surface area contributed by atoms with E-state index in [1.807, 2.05) is 30.3 Å². The van der Waals surface area contributed by atoms with Crippen molar-refractivity contribution in [2.75, 3.05) is 0 Å². The predicted molar refractivity (Wildman–Crippen MR) is 56.6 cm³/mol. The number of esters is 1. The lowest BCUT2D eigenvalue weighted by molar-refractivity contribution is -0.150. The summed E-state index contributed by atoms with van der Waals surface area (Å²) < 4.78 is 4.80. The molecule has 0 aromatic heterocycles. The number of hydrogen-bond donors (Lipinski definition) is 0. The lowest BCUT2D eigenvalue weighted by Crippen LogP contribution is -2.25. The molecule has 0 saturated heterocycles. The Kier molecular flexibility index (Phi) is 4.31. The van der Waals surface area contributed by atoms with E-state index in [0.29, 0.717) is 6.42 Å². The van der Waals surface area contributed by atoms with Gasteiger partial charge < -0.3 is 4.74 Å². The van der Waals surface area contributed by atoms with Crippen LogP contribution in [0.15, 0.2) is 30.3 Å². The molecule has 80 valence electrons. The molecule has 0 spiro atoms. The molecule has 4 heteroatoms. The van der Waals surface area contributed by atoms with Gasteiger partial charge >= 0.3 is 5.97 Å². The maximum atomic E-state index is 11.0. The Hall–Kier alpha value is -1.35. The Morgan fingerprint density at radius 1 is 1.33 bits per heavy atom. The van der Waals surface area contributed by atoms with Crippen LogP contribution in [-0.2, 0) is 20.7 Å². The molecule has 3 nitrogen and oxygen atoms in total. The SMILES string of the molecule is CC(=O)O[C@@H](Cc1ccccc1)C(=O)Cl. The minimum atomic E-state index is -0.897. The number of carbonyl (C=O) groups excluding carboxylic acids is 2. The van der Waals surface area contributed by atoms with Gasteiger partial charge in [-0.25, -0.2) is 0 Å². The summed E-state index contributed by atoms with van der Waals surface area (Å²) in [5.41, 5.74) is 0.901. The summed E-state index contributed by atoms with van der Waals surface area (Å²) in [5, 5.41) is -0.658. The zero-order chi connectivity index (χ0) is 11.3. The summed E-state index contributed by atoms with van der Waals surface area (Å²) in [5.74, 6) is -0.509. The average molecular weight is 227 g/mol. The fourth-order valence-corrected chi connectivity index (χ4v) is 1.32. The molecule has 0 aliphatic rings. The fourth-order valence-electron chi connectivity index (χ4n) is 1.20. The van der Waals surface area contributed by atoms with E-state index in [1.165, 1.54) is 6.92 Å². The van der Waals surface area contributed by atoms with E-state index in [-0.39, 0.29) is 0 Å². The highest BCUT2D eigenvalue weighted by Crippen LogP contribution is 2.08. The van der Waals surface area contributed by atoms with Crippen molar-refractivity contribution in [3.05, 3.63) is 35.9 Å². The van der Waals surface area contributed by atoms with Crippen LogP contribution in [0.5, 0.6) is 0 Å². The summed E-state index contributed by atoms with van der Waals surface area (Å²) in [6.07, 6.45) is -0.588. The molecular formula is C11H11ClO3. The Morgan fingerprint density at radius 2 is 1.93 bits per heavy atom. The smallest absolute Gasteiger partial charge is 0.303 e. The summed E-state index contributed by atoms with van der Waals surface area (Å²) >= 11 is 5.32. The van der Waals surface area contributed by atoms with Gasteiger partial charge in [-0.15, -0.1) is 0 Å². The van der Waals surface area contributed by atoms with E-state index in [4.69, 9.17) is 16.3 Å². The summed E-state index contributed by atoms with van der Waals surface area (Å²) in [4.78, 5) is 21.7. The standard InChI is InChI=1S/C11H11ClO3/c1-8(13)15-10(11(12)14)7-9-5-3-2-4-6-9/h2-6,10H,7H2,1H3/t10-/m0/s1. The molecule has 15 heavy (non-hydrogen) atoms. The van der Waals surface area contributed by atoms with Crippen LogP contribution in [0.25, 0.3) is 0 Å². The van der Waals surface area contributed by atoms with E-state index in [0.717, 1.165) is 5.56 Å². The molecule has 1 aromatic rings. The van der Waals surface area contributed by atoms with Crippen molar-refractivity contribution in [1.29, 1.82) is 0 Å². The molecule has 1 atom stereocenters. The van der Waals surface area contributed by atoms with Crippen LogP contribution in [0.4, 0.5) is 0 Å². The van der Waals surface area contributed by atoms with Gasteiger partial charge in [0.1, 0.15) is 0 Å². The molecule has 0 fully saturated rings. The highest BCUT2D eigenvalue weighted by atomic mass is 35.5. The minimum Gasteiger partial charge on any atom is -0.453 e. The topological polar surface area (TPSA) is 43.4 Å².